The van der Waals surface area contributed by atoms with E-state index in [9.17, 15) is 4.79 Å². The molecule has 0 aliphatic carbocycles. The molecular formula is C10H16N2O2. The van der Waals surface area contributed by atoms with Gasteiger partial charge in [0.15, 0.2) is 0 Å². The van der Waals surface area contributed by atoms with Crippen molar-refractivity contribution in [2.75, 3.05) is 6.54 Å². The van der Waals surface area contributed by atoms with Gasteiger partial charge in [-0.25, -0.2) is 0 Å². The van der Waals surface area contributed by atoms with E-state index in [0.717, 1.165) is 13.1 Å². The molecule has 3 N–H and O–H groups in total. The van der Waals surface area contributed by atoms with Crippen LogP contribution in [0.4, 0.5) is 0 Å². The van der Waals surface area contributed by atoms with Crippen molar-refractivity contribution >= 4 is 5.97 Å². The lowest BCUT2D eigenvalue weighted by molar-refractivity contribution is -0.137. The average Bonchev–Trinajstić information content (AvgIpc) is 2.55. The van der Waals surface area contributed by atoms with E-state index < -0.39 is 5.97 Å². The highest BCUT2D eigenvalue weighted by Gasteiger charge is 2.06. The summed E-state index contributed by atoms with van der Waals surface area (Å²) in [4.78, 5) is 13.3. The topological polar surface area (TPSA) is 65.1 Å². The number of carbonyl (C=O) groups is 1. The molecule has 1 unspecified atom stereocenters. The molecule has 0 saturated carbocycles. The quantitative estimate of drug-likeness (QED) is 0.641. The van der Waals surface area contributed by atoms with E-state index >= 15 is 0 Å². The zero-order valence-electron chi connectivity index (χ0n) is 8.29. The summed E-state index contributed by atoms with van der Waals surface area (Å²) in [7, 11) is 0. The second-order valence-corrected chi connectivity index (χ2v) is 3.55. The van der Waals surface area contributed by atoms with Crippen LogP contribution in [0.15, 0.2) is 18.5 Å². The molecule has 0 amide bonds. The van der Waals surface area contributed by atoms with Gasteiger partial charge in [-0.15, -0.1) is 0 Å². The molecule has 1 aromatic rings. The number of H-pyrrole nitrogens is 1. The highest BCUT2D eigenvalue weighted by Crippen LogP contribution is 2.01. The lowest BCUT2D eigenvalue weighted by Crippen LogP contribution is -2.22. The number of rotatable bonds is 6. The van der Waals surface area contributed by atoms with Crippen LogP contribution in [-0.4, -0.2) is 22.6 Å². The summed E-state index contributed by atoms with van der Waals surface area (Å²) in [6, 6.07) is 1.99. The smallest absolute Gasteiger partial charge is 0.303 e. The second kappa shape index (κ2) is 5.44. The molecule has 4 heteroatoms. The first kappa shape index (κ1) is 10.8. The molecule has 0 aliphatic heterocycles. The number of carboxylic acids is 1. The summed E-state index contributed by atoms with van der Waals surface area (Å²) in [5, 5.41) is 11.7. The molecule has 0 fully saturated rings. The molecule has 0 saturated heterocycles. The third-order valence-corrected chi connectivity index (χ3v) is 2.01. The molecule has 0 bridgehead atoms. The number of aromatic amines is 1. The average molecular weight is 196 g/mol. The Kier molecular flexibility index (Phi) is 4.19. The van der Waals surface area contributed by atoms with Crippen LogP contribution in [-0.2, 0) is 11.3 Å². The van der Waals surface area contributed by atoms with E-state index in [2.05, 4.69) is 10.3 Å². The Hall–Kier alpha value is -1.29. The summed E-state index contributed by atoms with van der Waals surface area (Å²) < 4.78 is 0. The van der Waals surface area contributed by atoms with E-state index in [0.29, 0.717) is 0 Å². The van der Waals surface area contributed by atoms with Gasteiger partial charge >= 0.3 is 5.97 Å². The Labute approximate surface area is 83.3 Å². The van der Waals surface area contributed by atoms with Gasteiger partial charge in [-0.2, -0.15) is 0 Å². The number of nitrogens with one attached hydrogen (secondary N) is 2. The molecule has 1 heterocycles. The van der Waals surface area contributed by atoms with Gasteiger partial charge in [0, 0.05) is 25.4 Å². The fourth-order valence-electron chi connectivity index (χ4n) is 1.30. The fourth-order valence-corrected chi connectivity index (χ4v) is 1.30. The van der Waals surface area contributed by atoms with Gasteiger partial charge in [0.2, 0.25) is 0 Å². The Bertz CT molecular complexity index is 270. The minimum absolute atomic E-state index is 0.173. The standard InChI is InChI=1S/C10H16N2O2/c1-8(4-10(13)14)5-12-7-9-2-3-11-6-9/h2-3,6,8,11-12H,4-5,7H2,1H3,(H,13,14). The van der Waals surface area contributed by atoms with E-state index in [-0.39, 0.29) is 12.3 Å². The van der Waals surface area contributed by atoms with Crippen LogP contribution in [0.25, 0.3) is 0 Å². The summed E-state index contributed by atoms with van der Waals surface area (Å²) in [6.07, 6.45) is 4.02. The molecular weight excluding hydrogens is 180 g/mol. The van der Waals surface area contributed by atoms with Crippen molar-refractivity contribution in [3.8, 4) is 0 Å². The maximum absolute atomic E-state index is 10.4. The highest BCUT2D eigenvalue weighted by atomic mass is 16.4. The Morgan fingerprint density at radius 3 is 3.07 bits per heavy atom. The van der Waals surface area contributed by atoms with E-state index in [1.807, 2.05) is 25.4 Å². The largest absolute Gasteiger partial charge is 0.481 e. The van der Waals surface area contributed by atoms with Crippen molar-refractivity contribution in [1.82, 2.24) is 10.3 Å². The maximum atomic E-state index is 10.4. The maximum Gasteiger partial charge on any atom is 0.303 e. The van der Waals surface area contributed by atoms with Crippen LogP contribution < -0.4 is 5.32 Å². The highest BCUT2D eigenvalue weighted by molar-refractivity contribution is 5.66. The van der Waals surface area contributed by atoms with Crippen LogP contribution >= 0.6 is 0 Å². The first-order chi connectivity index (χ1) is 6.68. The molecule has 0 spiro atoms. The van der Waals surface area contributed by atoms with Crippen molar-refractivity contribution in [2.24, 2.45) is 5.92 Å². The Morgan fingerprint density at radius 1 is 1.71 bits per heavy atom. The zero-order valence-corrected chi connectivity index (χ0v) is 8.29. The zero-order chi connectivity index (χ0) is 10.4. The molecule has 14 heavy (non-hydrogen) atoms. The summed E-state index contributed by atoms with van der Waals surface area (Å²) >= 11 is 0. The molecule has 1 aromatic heterocycles. The van der Waals surface area contributed by atoms with Gasteiger partial charge in [-0.05, 0) is 24.1 Å². The van der Waals surface area contributed by atoms with Gasteiger partial charge in [-0.3, -0.25) is 4.79 Å². The fraction of sp³-hybridized carbons (Fsp3) is 0.500. The van der Waals surface area contributed by atoms with E-state index in [4.69, 9.17) is 5.11 Å². The minimum Gasteiger partial charge on any atom is -0.481 e. The molecule has 1 atom stereocenters. The van der Waals surface area contributed by atoms with E-state index in [1.165, 1.54) is 5.56 Å². The number of carboxylic acid groups (broad SMARTS) is 1. The van der Waals surface area contributed by atoms with Gasteiger partial charge in [0.1, 0.15) is 0 Å². The van der Waals surface area contributed by atoms with Crippen LogP contribution in [0.3, 0.4) is 0 Å². The third kappa shape index (κ3) is 4.09. The van der Waals surface area contributed by atoms with Crippen LogP contribution in [0.1, 0.15) is 18.9 Å². The van der Waals surface area contributed by atoms with Crippen molar-refractivity contribution in [2.45, 2.75) is 19.9 Å². The summed E-state index contributed by atoms with van der Waals surface area (Å²) in [6.45, 7) is 3.45. The van der Waals surface area contributed by atoms with Crippen LogP contribution in [0, 0.1) is 5.92 Å². The van der Waals surface area contributed by atoms with Gasteiger partial charge in [0.25, 0.3) is 0 Å². The van der Waals surface area contributed by atoms with Crippen LogP contribution in [0.5, 0.6) is 0 Å². The molecule has 0 radical (unpaired) electrons. The number of aliphatic carboxylic acids is 1. The van der Waals surface area contributed by atoms with Crippen LogP contribution in [0.2, 0.25) is 0 Å². The summed E-state index contributed by atoms with van der Waals surface area (Å²) in [5.41, 5.74) is 1.19. The lowest BCUT2D eigenvalue weighted by atomic mass is 10.1. The number of hydrogen-bond donors (Lipinski definition) is 3. The molecule has 0 aromatic carbocycles. The number of aromatic nitrogens is 1. The van der Waals surface area contributed by atoms with Crippen molar-refractivity contribution in [3.63, 3.8) is 0 Å². The lowest BCUT2D eigenvalue weighted by Gasteiger charge is -2.09. The minimum atomic E-state index is -0.735. The predicted octanol–water partition coefficient (Wildman–Crippen LogP) is 1.22. The Morgan fingerprint density at radius 2 is 2.50 bits per heavy atom. The Balaban J connectivity index is 2.12. The van der Waals surface area contributed by atoms with Gasteiger partial charge in [0.05, 0.1) is 0 Å². The summed E-state index contributed by atoms with van der Waals surface area (Å²) in [5.74, 6) is -0.563. The normalized spacial score (nSPS) is 12.6. The van der Waals surface area contributed by atoms with Crippen molar-refractivity contribution in [1.29, 1.82) is 0 Å². The first-order valence-corrected chi connectivity index (χ1v) is 4.72. The van der Waals surface area contributed by atoms with E-state index in [1.54, 1.807) is 0 Å². The van der Waals surface area contributed by atoms with Gasteiger partial charge in [-0.1, -0.05) is 6.92 Å². The molecule has 0 aliphatic rings. The molecule has 1 rings (SSSR count). The monoisotopic (exact) mass is 196 g/mol. The second-order valence-electron chi connectivity index (χ2n) is 3.55. The molecule has 78 valence electrons. The SMILES string of the molecule is CC(CNCc1cc[nH]c1)CC(=O)O. The molecule has 4 nitrogen and oxygen atoms in total. The predicted molar refractivity (Wildman–Crippen MR) is 53.9 cm³/mol. The third-order valence-electron chi connectivity index (χ3n) is 2.01. The van der Waals surface area contributed by atoms with Crippen molar-refractivity contribution < 1.29 is 9.90 Å². The number of hydrogen-bond acceptors (Lipinski definition) is 2. The first-order valence-electron chi connectivity index (χ1n) is 4.72. The van der Waals surface area contributed by atoms with Crippen molar-refractivity contribution in [3.05, 3.63) is 24.0 Å². The van der Waals surface area contributed by atoms with Gasteiger partial charge < -0.3 is 15.4 Å².